The SMILES string of the molecule is CC(C)(C)[C@@H]1CCC2=NN(C(=O)C3CC3)[C@@](O)(C(F)(F)F)[C@@H]2C1. The Kier molecular flexibility index (Phi) is 3.60. The minimum atomic E-state index is -4.92. The molecule has 3 atom stereocenters. The van der Waals surface area contributed by atoms with E-state index in [4.69, 9.17) is 0 Å². The highest BCUT2D eigenvalue weighted by molar-refractivity contribution is 5.94. The number of aliphatic hydroxyl groups is 1. The Bertz CT molecular complexity index is 549. The Labute approximate surface area is 133 Å². The van der Waals surface area contributed by atoms with Crippen LogP contribution in [0.2, 0.25) is 0 Å². The van der Waals surface area contributed by atoms with Crippen molar-refractivity contribution in [1.29, 1.82) is 0 Å². The quantitative estimate of drug-likeness (QED) is 0.801. The average Bonchev–Trinajstić information content (AvgIpc) is 3.21. The molecule has 1 heterocycles. The van der Waals surface area contributed by atoms with Crippen molar-refractivity contribution >= 4 is 11.6 Å². The van der Waals surface area contributed by atoms with E-state index in [1.54, 1.807) is 0 Å². The van der Waals surface area contributed by atoms with E-state index in [1.165, 1.54) is 0 Å². The van der Waals surface area contributed by atoms with Crippen LogP contribution < -0.4 is 0 Å². The fourth-order valence-electron chi connectivity index (χ4n) is 3.73. The van der Waals surface area contributed by atoms with Crippen molar-refractivity contribution in [2.75, 3.05) is 0 Å². The van der Waals surface area contributed by atoms with Crippen LogP contribution in [0.15, 0.2) is 5.10 Å². The van der Waals surface area contributed by atoms with Crippen molar-refractivity contribution in [2.45, 2.75) is 64.8 Å². The number of fused-ring (bicyclic) bond motifs is 1. The van der Waals surface area contributed by atoms with Crippen LogP contribution in [-0.4, -0.2) is 33.6 Å². The summed E-state index contributed by atoms with van der Waals surface area (Å²) in [5, 5.41) is 14.9. The first-order chi connectivity index (χ1) is 10.5. The van der Waals surface area contributed by atoms with Gasteiger partial charge >= 0.3 is 6.18 Å². The minimum absolute atomic E-state index is 0.0521. The van der Waals surface area contributed by atoms with Crippen LogP contribution >= 0.6 is 0 Å². The van der Waals surface area contributed by atoms with E-state index in [0.717, 1.165) is 6.42 Å². The van der Waals surface area contributed by atoms with Gasteiger partial charge in [-0.2, -0.15) is 23.3 Å². The number of rotatable bonds is 1. The summed E-state index contributed by atoms with van der Waals surface area (Å²) in [6, 6.07) is 0. The van der Waals surface area contributed by atoms with E-state index in [0.29, 0.717) is 30.0 Å². The summed E-state index contributed by atoms with van der Waals surface area (Å²) in [7, 11) is 0. The molecule has 0 bridgehead atoms. The Morgan fingerprint density at radius 3 is 2.35 bits per heavy atom. The zero-order chi connectivity index (χ0) is 17.2. The molecule has 2 saturated carbocycles. The number of hydrogen-bond acceptors (Lipinski definition) is 3. The molecule has 0 radical (unpaired) electrons. The third-order valence-electron chi connectivity index (χ3n) is 5.49. The van der Waals surface area contributed by atoms with Crippen molar-refractivity contribution in [1.82, 2.24) is 5.01 Å². The molecule has 0 aromatic rings. The standard InChI is InChI=1S/C16H23F3N2O2/c1-14(2,3)10-6-7-12-11(8-10)15(23,16(17,18)19)21(20-12)13(22)9-4-5-9/h9-11,23H,4-8H2,1-3H3/t10-,11-,15+/m1/s1. The molecule has 0 aromatic heterocycles. The molecule has 130 valence electrons. The molecule has 2 aliphatic carbocycles. The largest absolute Gasteiger partial charge is 0.439 e. The highest BCUT2D eigenvalue weighted by Gasteiger charge is 2.69. The van der Waals surface area contributed by atoms with Crippen LogP contribution in [0, 0.1) is 23.2 Å². The van der Waals surface area contributed by atoms with Crippen LogP contribution in [-0.2, 0) is 4.79 Å². The predicted octanol–water partition coefficient (Wildman–Crippen LogP) is 3.31. The number of halogens is 3. The smallest absolute Gasteiger partial charge is 0.362 e. The molecule has 4 nitrogen and oxygen atoms in total. The highest BCUT2D eigenvalue weighted by Crippen LogP contribution is 2.52. The molecule has 3 aliphatic rings. The Hall–Kier alpha value is -1.11. The molecule has 7 heteroatoms. The summed E-state index contributed by atoms with van der Waals surface area (Å²) >= 11 is 0. The van der Waals surface area contributed by atoms with Gasteiger partial charge in [-0.3, -0.25) is 4.79 Å². The maximum Gasteiger partial charge on any atom is 0.439 e. The normalized spacial score (nSPS) is 35.1. The molecule has 0 saturated heterocycles. The summed E-state index contributed by atoms with van der Waals surface area (Å²) in [6.07, 6.45) is -2.44. The second-order valence-corrected chi connectivity index (χ2v) is 8.13. The van der Waals surface area contributed by atoms with Gasteiger partial charge in [-0.15, -0.1) is 0 Å². The van der Waals surface area contributed by atoms with E-state index >= 15 is 0 Å². The number of carbonyl (C=O) groups is 1. The lowest BCUT2D eigenvalue weighted by molar-refractivity contribution is -0.318. The lowest BCUT2D eigenvalue weighted by Gasteiger charge is -2.42. The number of alkyl halides is 3. The number of nitrogens with zero attached hydrogens (tertiary/aromatic N) is 2. The van der Waals surface area contributed by atoms with Crippen LogP contribution in [0.4, 0.5) is 13.2 Å². The first kappa shape index (κ1) is 16.7. The van der Waals surface area contributed by atoms with Gasteiger partial charge in [0, 0.05) is 11.6 Å². The maximum absolute atomic E-state index is 13.7. The van der Waals surface area contributed by atoms with Crippen molar-refractivity contribution in [2.24, 2.45) is 28.3 Å². The molecule has 2 fully saturated rings. The second kappa shape index (κ2) is 4.94. The predicted molar refractivity (Wildman–Crippen MR) is 78.3 cm³/mol. The van der Waals surface area contributed by atoms with Gasteiger partial charge in [0.2, 0.25) is 5.91 Å². The summed E-state index contributed by atoms with van der Waals surface area (Å²) in [5.74, 6) is -2.22. The van der Waals surface area contributed by atoms with E-state index in [2.05, 4.69) is 5.10 Å². The Morgan fingerprint density at radius 1 is 1.26 bits per heavy atom. The summed E-state index contributed by atoms with van der Waals surface area (Å²) in [4.78, 5) is 12.3. The van der Waals surface area contributed by atoms with Crippen LogP contribution in [0.25, 0.3) is 0 Å². The van der Waals surface area contributed by atoms with Gasteiger partial charge in [-0.25, -0.2) is 0 Å². The third-order valence-corrected chi connectivity index (χ3v) is 5.49. The lowest BCUT2D eigenvalue weighted by atomic mass is 9.66. The number of amides is 1. The average molecular weight is 332 g/mol. The first-order valence-electron chi connectivity index (χ1n) is 8.16. The van der Waals surface area contributed by atoms with Gasteiger partial charge in [-0.1, -0.05) is 20.8 Å². The van der Waals surface area contributed by atoms with Crippen LogP contribution in [0.5, 0.6) is 0 Å². The Balaban J connectivity index is 1.96. The van der Waals surface area contributed by atoms with Crippen LogP contribution in [0.1, 0.15) is 52.9 Å². The van der Waals surface area contributed by atoms with E-state index in [1.807, 2.05) is 20.8 Å². The van der Waals surface area contributed by atoms with E-state index < -0.39 is 29.6 Å². The fraction of sp³-hybridized carbons (Fsp3) is 0.875. The molecule has 1 amide bonds. The highest BCUT2D eigenvalue weighted by atomic mass is 19.4. The van der Waals surface area contributed by atoms with E-state index in [9.17, 15) is 23.1 Å². The summed E-state index contributed by atoms with van der Waals surface area (Å²) in [6.45, 7) is 5.98. The number of carbonyl (C=O) groups excluding carboxylic acids is 1. The van der Waals surface area contributed by atoms with Crippen molar-refractivity contribution in [3.05, 3.63) is 0 Å². The molecular formula is C16H23F3N2O2. The van der Waals surface area contributed by atoms with Gasteiger partial charge in [0.15, 0.2) is 0 Å². The summed E-state index contributed by atoms with van der Waals surface area (Å²) in [5.41, 5.74) is -3.02. The van der Waals surface area contributed by atoms with E-state index in [-0.39, 0.29) is 17.8 Å². The van der Waals surface area contributed by atoms with Crippen LogP contribution in [0.3, 0.4) is 0 Å². The molecule has 0 spiro atoms. The molecule has 3 rings (SSSR count). The third kappa shape index (κ3) is 2.57. The molecule has 23 heavy (non-hydrogen) atoms. The number of hydrazone groups is 1. The Morgan fingerprint density at radius 2 is 1.87 bits per heavy atom. The molecule has 0 aromatic carbocycles. The van der Waals surface area contributed by atoms with Gasteiger partial charge in [0.1, 0.15) is 0 Å². The van der Waals surface area contributed by atoms with Gasteiger partial charge < -0.3 is 5.11 Å². The van der Waals surface area contributed by atoms with Crippen molar-refractivity contribution in [3.8, 4) is 0 Å². The molecule has 1 aliphatic heterocycles. The monoisotopic (exact) mass is 332 g/mol. The molecule has 0 unspecified atom stereocenters. The fourth-order valence-corrected chi connectivity index (χ4v) is 3.73. The van der Waals surface area contributed by atoms with Crippen molar-refractivity contribution in [3.63, 3.8) is 0 Å². The molecule has 1 N–H and O–H groups in total. The van der Waals surface area contributed by atoms with Gasteiger partial charge in [0.25, 0.3) is 5.72 Å². The van der Waals surface area contributed by atoms with Gasteiger partial charge in [0.05, 0.1) is 5.92 Å². The minimum Gasteiger partial charge on any atom is -0.362 e. The zero-order valence-corrected chi connectivity index (χ0v) is 13.7. The molecular weight excluding hydrogens is 309 g/mol. The van der Waals surface area contributed by atoms with Gasteiger partial charge in [-0.05, 0) is 43.4 Å². The first-order valence-corrected chi connectivity index (χ1v) is 8.16. The zero-order valence-electron chi connectivity index (χ0n) is 13.7. The number of hydrogen-bond donors (Lipinski definition) is 1. The topological polar surface area (TPSA) is 52.9 Å². The summed E-state index contributed by atoms with van der Waals surface area (Å²) < 4.78 is 41.1. The second-order valence-electron chi connectivity index (χ2n) is 8.13. The lowest BCUT2D eigenvalue weighted by Crippen LogP contribution is -2.62. The maximum atomic E-state index is 13.7. The van der Waals surface area contributed by atoms with Crippen molar-refractivity contribution < 1.29 is 23.1 Å².